The first-order valence-corrected chi connectivity index (χ1v) is 8.34. The van der Waals surface area contributed by atoms with Gasteiger partial charge in [-0.15, -0.1) is 0 Å². The van der Waals surface area contributed by atoms with Crippen LogP contribution in [0.1, 0.15) is 5.56 Å². The lowest BCUT2D eigenvalue weighted by Gasteiger charge is -2.10. The SMILES string of the molecule is NCc1cccc(S(=O)(=O)Nc2ccc(Br)cc2Cl)c1. The van der Waals surface area contributed by atoms with Crippen molar-refractivity contribution < 1.29 is 8.42 Å². The minimum absolute atomic E-state index is 0.152. The van der Waals surface area contributed by atoms with E-state index in [4.69, 9.17) is 17.3 Å². The van der Waals surface area contributed by atoms with E-state index in [1.165, 1.54) is 12.1 Å². The van der Waals surface area contributed by atoms with Crippen LogP contribution >= 0.6 is 27.5 Å². The molecule has 0 saturated heterocycles. The molecule has 0 fully saturated rings. The molecule has 20 heavy (non-hydrogen) atoms. The maximum Gasteiger partial charge on any atom is 0.261 e. The Morgan fingerprint density at radius 2 is 1.95 bits per heavy atom. The van der Waals surface area contributed by atoms with Gasteiger partial charge < -0.3 is 5.73 Å². The van der Waals surface area contributed by atoms with Gasteiger partial charge in [0.1, 0.15) is 0 Å². The molecular formula is C13H12BrClN2O2S. The highest BCUT2D eigenvalue weighted by Crippen LogP contribution is 2.27. The third-order valence-electron chi connectivity index (χ3n) is 2.62. The molecule has 0 saturated carbocycles. The molecule has 2 rings (SSSR count). The van der Waals surface area contributed by atoms with Gasteiger partial charge in [0.05, 0.1) is 15.6 Å². The van der Waals surface area contributed by atoms with Gasteiger partial charge in [0.25, 0.3) is 10.0 Å². The van der Waals surface area contributed by atoms with Gasteiger partial charge >= 0.3 is 0 Å². The van der Waals surface area contributed by atoms with Crippen molar-refractivity contribution in [1.29, 1.82) is 0 Å². The Morgan fingerprint density at radius 1 is 1.20 bits per heavy atom. The van der Waals surface area contributed by atoms with Crippen LogP contribution in [-0.2, 0) is 16.6 Å². The first-order chi connectivity index (χ1) is 9.42. The molecule has 4 nitrogen and oxygen atoms in total. The van der Waals surface area contributed by atoms with Crippen molar-refractivity contribution in [3.63, 3.8) is 0 Å². The smallest absolute Gasteiger partial charge is 0.261 e. The fourth-order valence-corrected chi connectivity index (χ4v) is 3.54. The zero-order chi connectivity index (χ0) is 14.8. The summed E-state index contributed by atoms with van der Waals surface area (Å²) < 4.78 is 27.8. The summed E-state index contributed by atoms with van der Waals surface area (Å²) >= 11 is 9.27. The zero-order valence-corrected chi connectivity index (χ0v) is 13.5. The number of hydrogen-bond acceptors (Lipinski definition) is 3. The molecular weight excluding hydrogens is 364 g/mol. The van der Waals surface area contributed by atoms with Crippen LogP contribution in [0.25, 0.3) is 0 Å². The van der Waals surface area contributed by atoms with Crippen molar-refractivity contribution in [2.45, 2.75) is 11.4 Å². The van der Waals surface area contributed by atoms with Crippen molar-refractivity contribution in [3.8, 4) is 0 Å². The molecule has 7 heteroatoms. The number of anilines is 1. The number of nitrogens with one attached hydrogen (secondary N) is 1. The van der Waals surface area contributed by atoms with Crippen LogP contribution in [0, 0.1) is 0 Å². The van der Waals surface area contributed by atoms with Crippen molar-refractivity contribution in [3.05, 3.63) is 57.5 Å². The monoisotopic (exact) mass is 374 g/mol. The van der Waals surface area contributed by atoms with Crippen molar-refractivity contribution in [1.82, 2.24) is 0 Å². The molecule has 2 aromatic carbocycles. The van der Waals surface area contributed by atoms with E-state index < -0.39 is 10.0 Å². The quantitative estimate of drug-likeness (QED) is 0.860. The minimum atomic E-state index is -3.69. The van der Waals surface area contributed by atoms with E-state index in [9.17, 15) is 8.42 Å². The molecule has 0 amide bonds. The van der Waals surface area contributed by atoms with E-state index in [0.717, 1.165) is 10.0 Å². The lowest BCUT2D eigenvalue weighted by atomic mass is 10.2. The fourth-order valence-electron chi connectivity index (χ4n) is 1.62. The van der Waals surface area contributed by atoms with Crippen LogP contribution in [0.15, 0.2) is 51.8 Å². The molecule has 0 aliphatic heterocycles. The van der Waals surface area contributed by atoms with Gasteiger partial charge in [-0.05, 0) is 35.9 Å². The molecule has 0 atom stereocenters. The van der Waals surface area contributed by atoms with Crippen LogP contribution in [-0.4, -0.2) is 8.42 Å². The minimum Gasteiger partial charge on any atom is -0.326 e. The summed E-state index contributed by atoms with van der Waals surface area (Å²) in [6.07, 6.45) is 0. The van der Waals surface area contributed by atoms with E-state index in [1.807, 2.05) is 0 Å². The molecule has 0 bridgehead atoms. The van der Waals surface area contributed by atoms with Crippen molar-refractivity contribution in [2.24, 2.45) is 5.73 Å². The third-order valence-corrected chi connectivity index (χ3v) is 4.79. The molecule has 0 unspecified atom stereocenters. The van der Waals surface area contributed by atoms with E-state index in [2.05, 4.69) is 20.7 Å². The normalized spacial score (nSPS) is 11.3. The molecule has 0 aliphatic carbocycles. The number of benzene rings is 2. The molecule has 0 spiro atoms. The molecule has 0 heterocycles. The Morgan fingerprint density at radius 3 is 2.60 bits per heavy atom. The second-order valence-corrected chi connectivity index (χ2v) is 7.09. The summed E-state index contributed by atoms with van der Waals surface area (Å²) in [4.78, 5) is 0.152. The Bertz CT molecular complexity index is 735. The van der Waals surface area contributed by atoms with Crippen LogP contribution in [0.3, 0.4) is 0 Å². The summed E-state index contributed by atoms with van der Waals surface area (Å²) in [7, 11) is -3.69. The maximum atomic E-state index is 12.3. The Balaban J connectivity index is 2.35. The molecule has 0 aliphatic rings. The zero-order valence-electron chi connectivity index (χ0n) is 10.3. The largest absolute Gasteiger partial charge is 0.326 e. The predicted molar refractivity (Wildman–Crippen MR) is 84.3 cm³/mol. The van der Waals surface area contributed by atoms with Gasteiger partial charge in [-0.3, -0.25) is 4.72 Å². The molecule has 0 radical (unpaired) electrons. The number of sulfonamides is 1. The van der Waals surface area contributed by atoms with Crippen molar-refractivity contribution in [2.75, 3.05) is 4.72 Å². The second-order valence-electron chi connectivity index (χ2n) is 4.08. The maximum absolute atomic E-state index is 12.3. The van der Waals surface area contributed by atoms with E-state index in [-0.39, 0.29) is 11.4 Å². The second kappa shape index (κ2) is 6.13. The Labute approximate surface area is 131 Å². The first-order valence-electron chi connectivity index (χ1n) is 5.69. The summed E-state index contributed by atoms with van der Waals surface area (Å²) in [6.45, 7) is 0.280. The highest BCUT2D eigenvalue weighted by atomic mass is 79.9. The van der Waals surface area contributed by atoms with Gasteiger partial charge in [-0.25, -0.2) is 8.42 Å². The highest BCUT2D eigenvalue weighted by molar-refractivity contribution is 9.10. The topological polar surface area (TPSA) is 72.2 Å². The fraction of sp³-hybridized carbons (Fsp3) is 0.0769. The molecule has 2 aromatic rings. The standard InChI is InChI=1S/C13H12BrClN2O2S/c14-10-4-5-13(12(15)7-10)17-20(18,19)11-3-1-2-9(6-11)8-16/h1-7,17H,8,16H2. The summed E-state index contributed by atoms with van der Waals surface area (Å²) in [5.41, 5.74) is 6.59. The summed E-state index contributed by atoms with van der Waals surface area (Å²) in [6, 6.07) is 11.4. The first kappa shape index (κ1) is 15.3. The third kappa shape index (κ3) is 3.52. The number of nitrogens with two attached hydrogens (primary N) is 1. The molecule has 0 aromatic heterocycles. The van der Waals surface area contributed by atoms with E-state index in [1.54, 1.807) is 30.3 Å². The van der Waals surface area contributed by atoms with Crippen molar-refractivity contribution >= 4 is 43.2 Å². The van der Waals surface area contributed by atoms with Crippen LogP contribution in [0.2, 0.25) is 5.02 Å². The summed E-state index contributed by atoms with van der Waals surface area (Å²) in [5, 5.41) is 0.318. The predicted octanol–water partition coefficient (Wildman–Crippen LogP) is 3.36. The molecule has 106 valence electrons. The number of rotatable bonds is 4. The van der Waals surface area contributed by atoms with Gasteiger partial charge in [-0.1, -0.05) is 39.7 Å². The van der Waals surface area contributed by atoms with Gasteiger partial charge in [-0.2, -0.15) is 0 Å². The number of hydrogen-bond donors (Lipinski definition) is 2. The van der Waals surface area contributed by atoms with E-state index >= 15 is 0 Å². The molecule has 3 N–H and O–H groups in total. The van der Waals surface area contributed by atoms with Crippen LogP contribution in [0.4, 0.5) is 5.69 Å². The lowest BCUT2D eigenvalue weighted by molar-refractivity contribution is 0.601. The highest BCUT2D eigenvalue weighted by Gasteiger charge is 2.16. The average Bonchev–Trinajstić information content (AvgIpc) is 2.42. The van der Waals surface area contributed by atoms with Crippen LogP contribution in [0.5, 0.6) is 0 Å². The Hall–Kier alpha value is -1.08. The lowest BCUT2D eigenvalue weighted by Crippen LogP contribution is -2.13. The van der Waals surface area contributed by atoms with Gasteiger partial charge in [0, 0.05) is 11.0 Å². The van der Waals surface area contributed by atoms with Gasteiger partial charge in [0.15, 0.2) is 0 Å². The van der Waals surface area contributed by atoms with Crippen LogP contribution < -0.4 is 10.5 Å². The Kier molecular flexibility index (Phi) is 4.70. The van der Waals surface area contributed by atoms with Gasteiger partial charge in [0.2, 0.25) is 0 Å². The number of halogens is 2. The van der Waals surface area contributed by atoms with E-state index in [0.29, 0.717) is 10.7 Å². The summed E-state index contributed by atoms with van der Waals surface area (Å²) in [5.74, 6) is 0. The average molecular weight is 376 g/mol.